The zero-order chi connectivity index (χ0) is 22.1. The van der Waals surface area contributed by atoms with Gasteiger partial charge in [0.2, 0.25) is 5.91 Å². The van der Waals surface area contributed by atoms with E-state index in [0.717, 1.165) is 42.8 Å². The Morgan fingerprint density at radius 1 is 1.12 bits per heavy atom. The predicted octanol–water partition coefficient (Wildman–Crippen LogP) is 3.45. The van der Waals surface area contributed by atoms with Gasteiger partial charge in [-0.15, -0.1) is 0 Å². The van der Waals surface area contributed by atoms with E-state index < -0.39 is 0 Å². The average Bonchev–Trinajstić information content (AvgIpc) is 3.49. The number of para-hydroxylation sites is 1. The van der Waals surface area contributed by atoms with Crippen LogP contribution < -0.4 is 4.90 Å². The van der Waals surface area contributed by atoms with Gasteiger partial charge in [0.25, 0.3) is 0 Å². The number of ether oxygens (including phenoxy) is 1. The molecular formula is C23H27ClN6O2. The first-order valence-electron chi connectivity index (χ1n) is 11.2. The minimum absolute atomic E-state index is 0.217. The minimum Gasteiger partial charge on any atom is -0.377 e. The molecule has 2 aromatic heterocycles. The zero-order valence-electron chi connectivity index (χ0n) is 18.2. The molecule has 1 aromatic carbocycles. The van der Waals surface area contributed by atoms with Crippen LogP contribution in [0.5, 0.6) is 0 Å². The third kappa shape index (κ3) is 3.93. The molecule has 1 aliphatic heterocycles. The molecule has 0 spiro atoms. The lowest BCUT2D eigenvalue weighted by molar-refractivity contribution is -0.135. The summed E-state index contributed by atoms with van der Waals surface area (Å²) in [4.78, 5) is 26.6. The molecule has 1 aliphatic carbocycles. The molecule has 2 fully saturated rings. The summed E-state index contributed by atoms with van der Waals surface area (Å²) in [5.74, 6) is 1.96. The Morgan fingerprint density at radius 2 is 1.88 bits per heavy atom. The van der Waals surface area contributed by atoms with E-state index in [1.54, 1.807) is 18.0 Å². The SMILES string of the molecule is COCc1nc(N2CCN(C(=O)C3CCCC3)CC2)c2cnn(-c3ccccc3Cl)c2n1. The maximum Gasteiger partial charge on any atom is 0.225 e. The topological polar surface area (TPSA) is 76.4 Å². The second kappa shape index (κ2) is 9.03. The number of anilines is 1. The van der Waals surface area contributed by atoms with Gasteiger partial charge in [0.05, 0.1) is 22.3 Å². The first kappa shape index (κ1) is 21.2. The van der Waals surface area contributed by atoms with Gasteiger partial charge in [-0.25, -0.2) is 14.6 Å². The van der Waals surface area contributed by atoms with Gasteiger partial charge in [0, 0.05) is 39.2 Å². The van der Waals surface area contributed by atoms with Crippen molar-refractivity contribution in [3.05, 3.63) is 41.3 Å². The highest BCUT2D eigenvalue weighted by Crippen LogP contribution is 2.30. The van der Waals surface area contributed by atoms with Crippen LogP contribution in [0.25, 0.3) is 16.7 Å². The standard InChI is InChI=1S/C23H27ClN6O2/c1-32-15-20-26-21(28-10-12-29(13-11-28)23(31)16-6-2-3-7-16)17-14-25-30(22(17)27-20)19-9-5-4-8-18(19)24/h4-5,8-9,14,16H,2-3,6-7,10-13,15H2,1H3. The van der Waals surface area contributed by atoms with E-state index in [4.69, 9.17) is 26.3 Å². The molecule has 3 heterocycles. The number of halogens is 1. The Kier molecular flexibility index (Phi) is 5.97. The van der Waals surface area contributed by atoms with Crippen molar-refractivity contribution in [3.63, 3.8) is 0 Å². The smallest absolute Gasteiger partial charge is 0.225 e. The van der Waals surface area contributed by atoms with Gasteiger partial charge >= 0.3 is 0 Å². The molecule has 9 heteroatoms. The number of carbonyl (C=O) groups is 1. The monoisotopic (exact) mass is 454 g/mol. The number of hydrogen-bond acceptors (Lipinski definition) is 6. The van der Waals surface area contributed by atoms with Crippen LogP contribution in [0.4, 0.5) is 5.82 Å². The highest BCUT2D eigenvalue weighted by Gasteiger charge is 2.30. The number of amides is 1. The molecule has 0 radical (unpaired) electrons. The van der Waals surface area contributed by atoms with Crippen LogP contribution in [0.15, 0.2) is 30.5 Å². The fraction of sp³-hybridized carbons (Fsp3) is 0.478. The van der Waals surface area contributed by atoms with Crippen LogP contribution in [0.2, 0.25) is 5.02 Å². The second-order valence-electron chi connectivity index (χ2n) is 8.44. The summed E-state index contributed by atoms with van der Waals surface area (Å²) in [5, 5.41) is 6.04. The molecule has 0 atom stereocenters. The normalized spacial score (nSPS) is 17.4. The highest BCUT2D eigenvalue weighted by atomic mass is 35.5. The maximum atomic E-state index is 12.8. The van der Waals surface area contributed by atoms with Gasteiger partial charge in [-0.1, -0.05) is 36.6 Å². The summed E-state index contributed by atoms with van der Waals surface area (Å²) in [6, 6.07) is 7.57. The molecule has 1 saturated heterocycles. The molecule has 8 nitrogen and oxygen atoms in total. The molecule has 1 saturated carbocycles. The summed E-state index contributed by atoms with van der Waals surface area (Å²) in [6.07, 6.45) is 6.21. The number of methoxy groups -OCH3 is 1. The quantitative estimate of drug-likeness (QED) is 0.587. The molecule has 3 aromatic rings. The van der Waals surface area contributed by atoms with Crippen molar-refractivity contribution in [1.29, 1.82) is 0 Å². The lowest BCUT2D eigenvalue weighted by Gasteiger charge is -2.36. The summed E-state index contributed by atoms with van der Waals surface area (Å²) < 4.78 is 7.07. The van der Waals surface area contributed by atoms with Crippen LogP contribution in [-0.4, -0.2) is 63.8 Å². The van der Waals surface area contributed by atoms with E-state index >= 15 is 0 Å². The van der Waals surface area contributed by atoms with Crippen molar-refractivity contribution in [2.45, 2.75) is 32.3 Å². The predicted molar refractivity (Wildman–Crippen MR) is 123 cm³/mol. The highest BCUT2D eigenvalue weighted by molar-refractivity contribution is 6.32. The molecule has 0 unspecified atom stereocenters. The number of fused-ring (bicyclic) bond motifs is 1. The van der Waals surface area contributed by atoms with E-state index in [1.165, 1.54) is 12.8 Å². The van der Waals surface area contributed by atoms with Crippen LogP contribution in [0.3, 0.4) is 0 Å². The number of aromatic nitrogens is 4. The molecule has 32 heavy (non-hydrogen) atoms. The van der Waals surface area contributed by atoms with E-state index in [0.29, 0.717) is 42.1 Å². The molecule has 168 valence electrons. The van der Waals surface area contributed by atoms with Gasteiger partial charge in [-0.3, -0.25) is 4.79 Å². The van der Waals surface area contributed by atoms with E-state index in [-0.39, 0.29) is 5.92 Å². The van der Waals surface area contributed by atoms with Crippen LogP contribution in [0.1, 0.15) is 31.5 Å². The molecule has 0 N–H and O–H groups in total. The van der Waals surface area contributed by atoms with E-state index in [2.05, 4.69) is 10.00 Å². The summed E-state index contributed by atoms with van der Waals surface area (Å²) in [7, 11) is 1.63. The van der Waals surface area contributed by atoms with E-state index in [1.807, 2.05) is 29.2 Å². The van der Waals surface area contributed by atoms with Crippen LogP contribution in [-0.2, 0) is 16.1 Å². The Hall–Kier alpha value is -2.71. The van der Waals surface area contributed by atoms with Gasteiger partial charge < -0.3 is 14.5 Å². The average molecular weight is 455 g/mol. The Labute approximate surface area is 192 Å². The fourth-order valence-electron chi connectivity index (χ4n) is 4.74. The van der Waals surface area contributed by atoms with Crippen molar-refractivity contribution < 1.29 is 9.53 Å². The number of rotatable bonds is 5. The Balaban J connectivity index is 1.45. The minimum atomic E-state index is 0.217. The van der Waals surface area contributed by atoms with Crippen molar-refractivity contribution in [1.82, 2.24) is 24.6 Å². The Morgan fingerprint density at radius 3 is 2.59 bits per heavy atom. The summed E-state index contributed by atoms with van der Waals surface area (Å²) in [6.45, 7) is 3.18. The van der Waals surface area contributed by atoms with Crippen molar-refractivity contribution >= 4 is 34.4 Å². The first-order chi connectivity index (χ1) is 15.7. The number of nitrogens with zero attached hydrogens (tertiary/aromatic N) is 6. The van der Waals surface area contributed by atoms with Gasteiger partial charge in [0.1, 0.15) is 12.4 Å². The third-order valence-electron chi connectivity index (χ3n) is 6.40. The largest absolute Gasteiger partial charge is 0.377 e. The van der Waals surface area contributed by atoms with Crippen LogP contribution >= 0.6 is 11.6 Å². The van der Waals surface area contributed by atoms with Crippen LogP contribution in [0, 0.1) is 5.92 Å². The second-order valence-corrected chi connectivity index (χ2v) is 8.84. The Bertz CT molecular complexity index is 1120. The molecular weight excluding hydrogens is 428 g/mol. The maximum absolute atomic E-state index is 12.8. The molecule has 5 rings (SSSR count). The van der Waals surface area contributed by atoms with E-state index in [9.17, 15) is 4.79 Å². The van der Waals surface area contributed by atoms with Gasteiger partial charge in [-0.2, -0.15) is 5.10 Å². The number of benzene rings is 1. The third-order valence-corrected chi connectivity index (χ3v) is 6.72. The fourth-order valence-corrected chi connectivity index (χ4v) is 4.96. The summed E-state index contributed by atoms with van der Waals surface area (Å²) >= 11 is 6.43. The van der Waals surface area contributed by atoms with Gasteiger partial charge in [0.15, 0.2) is 11.5 Å². The molecule has 0 bridgehead atoms. The molecule has 1 amide bonds. The lowest BCUT2D eigenvalue weighted by atomic mass is 10.1. The zero-order valence-corrected chi connectivity index (χ0v) is 19.0. The number of piperazine rings is 1. The number of hydrogen-bond donors (Lipinski definition) is 0. The number of carbonyl (C=O) groups excluding carboxylic acids is 1. The van der Waals surface area contributed by atoms with Crippen molar-refractivity contribution in [2.24, 2.45) is 5.92 Å². The van der Waals surface area contributed by atoms with Crippen molar-refractivity contribution in [3.8, 4) is 5.69 Å². The van der Waals surface area contributed by atoms with Gasteiger partial charge in [-0.05, 0) is 25.0 Å². The lowest BCUT2D eigenvalue weighted by Crippen LogP contribution is -2.50. The van der Waals surface area contributed by atoms with Crippen molar-refractivity contribution in [2.75, 3.05) is 38.2 Å². The summed E-state index contributed by atoms with van der Waals surface area (Å²) in [5.41, 5.74) is 1.46. The first-order valence-corrected chi connectivity index (χ1v) is 11.6. The molecule has 2 aliphatic rings.